The normalized spacial score (nSPS) is 16.6. The van der Waals surface area contributed by atoms with Gasteiger partial charge in [-0.15, -0.1) is 0 Å². The fraction of sp³-hybridized carbons (Fsp3) is 0.429. The number of carbonyl (C=O) groups excluding carboxylic acids is 1. The number of aldehydes is 1. The molecular weight excluding hydrogens is 445 g/mol. The van der Waals surface area contributed by atoms with Gasteiger partial charge in [0, 0.05) is 60.7 Å². The highest BCUT2D eigenvalue weighted by atomic mass is 35.5. The van der Waals surface area contributed by atoms with Gasteiger partial charge in [-0.05, 0) is 36.6 Å². The van der Waals surface area contributed by atoms with Crippen LogP contribution in [-0.4, -0.2) is 49.9 Å². The van der Waals surface area contributed by atoms with E-state index in [1.165, 1.54) is 6.20 Å². The van der Waals surface area contributed by atoms with E-state index in [0.717, 1.165) is 68.3 Å². The van der Waals surface area contributed by atoms with Gasteiger partial charge < -0.3 is 19.1 Å². The molecule has 0 aliphatic carbocycles. The average Bonchev–Trinajstić information content (AvgIpc) is 3.30. The molecular formula is C21H25Cl2N3O3S. The maximum Gasteiger partial charge on any atom is 0.151 e. The predicted octanol–water partition coefficient (Wildman–Crippen LogP) is 5.35. The minimum Gasteiger partial charge on any atom is -0.490 e. The van der Waals surface area contributed by atoms with Crippen LogP contribution in [0.4, 0.5) is 11.5 Å². The van der Waals surface area contributed by atoms with Crippen LogP contribution in [0.25, 0.3) is 0 Å². The van der Waals surface area contributed by atoms with Crippen LogP contribution < -0.4 is 14.4 Å². The zero-order valence-corrected chi connectivity index (χ0v) is 19.1. The Hall–Kier alpha value is -1.67. The van der Waals surface area contributed by atoms with Gasteiger partial charge in [0.1, 0.15) is 17.7 Å². The number of hydrogen-bond donors (Lipinski definition) is 1. The molecule has 9 heteroatoms. The van der Waals surface area contributed by atoms with Crippen LogP contribution in [0, 0.1) is 0 Å². The van der Waals surface area contributed by atoms with E-state index in [1.54, 1.807) is 18.0 Å². The molecule has 0 radical (unpaired) electrons. The molecule has 6 nitrogen and oxygen atoms in total. The van der Waals surface area contributed by atoms with Gasteiger partial charge in [0.2, 0.25) is 0 Å². The Morgan fingerprint density at radius 1 is 1.27 bits per heavy atom. The molecule has 2 aliphatic rings. The smallest absolute Gasteiger partial charge is 0.151 e. The van der Waals surface area contributed by atoms with Gasteiger partial charge in [-0.1, -0.05) is 23.2 Å². The molecule has 2 aliphatic heterocycles. The summed E-state index contributed by atoms with van der Waals surface area (Å²) in [6.45, 7) is 2.55. The number of anilines is 2. The third kappa shape index (κ3) is 6.67. The summed E-state index contributed by atoms with van der Waals surface area (Å²) in [6, 6.07) is 7.41. The first kappa shape index (κ1) is 23.0. The van der Waals surface area contributed by atoms with E-state index < -0.39 is 0 Å². The second-order valence-corrected chi connectivity index (χ2v) is 8.78. The predicted molar refractivity (Wildman–Crippen MR) is 125 cm³/mol. The van der Waals surface area contributed by atoms with Crippen LogP contribution >= 0.6 is 35.1 Å². The van der Waals surface area contributed by atoms with E-state index in [-0.39, 0.29) is 6.10 Å². The summed E-state index contributed by atoms with van der Waals surface area (Å²) in [5, 5.41) is 4.16. The number of benzene rings is 1. The second kappa shape index (κ2) is 11.6. The third-order valence-corrected chi connectivity index (χ3v) is 6.32. The first-order chi connectivity index (χ1) is 14.6. The standard InChI is InChI=1S/C12H16ClNO2.C9H9ClN2OS/c1-14-10-6-9(13)7-12(8-10)16-11-2-4-15-5-3-11;10-8-5-11-9(4-7(8)6-13)12-2-1-3-14-12/h6-8,11,14H,2-5H2,1H3;4-6H,1-3H2. The number of rotatable bonds is 5. The van der Waals surface area contributed by atoms with Crippen molar-refractivity contribution in [1.82, 2.24) is 4.98 Å². The van der Waals surface area contributed by atoms with E-state index in [4.69, 9.17) is 32.7 Å². The molecule has 0 amide bonds. The highest BCUT2D eigenvalue weighted by molar-refractivity contribution is 8.00. The number of nitrogens with zero attached hydrogens (tertiary/aromatic N) is 2. The SMILES string of the molecule is CNc1cc(Cl)cc(OC2CCOCC2)c1.O=Cc1cc(N2CCCS2)ncc1Cl. The fourth-order valence-electron chi connectivity index (χ4n) is 3.06. The number of pyridine rings is 1. The van der Waals surface area contributed by atoms with Crippen molar-refractivity contribution in [3.05, 3.63) is 46.1 Å². The van der Waals surface area contributed by atoms with Crippen LogP contribution in [0.5, 0.6) is 5.75 Å². The average molecular weight is 470 g/mol. The van der Waals surface area contributed by atoms with Gasteiger partial charge in [-0.2, -0.15) is 0 Å². The molecule has 30 heavy (non-hydrogen) atoms. The zero-order chi connectivity index (χ0) is 21.3. The van der Waals surface area contributed by atoms with Gasteiger partial charge in [0.15, 0.2) is 6.29 Å². The maximum atomic E-state index is 10.7. The van der Waals surface area contributed by atoms with Gasteiger partial charge in [0.05, 0.1) is 18.2 Å². The zero-order valence-electron chi connectivity index (χ0n) is 16.8. The molecule has 0 saturated carbocycles. The van der Waals surface area contributed by atoms with Crippen molar-refractivity contribution < 1.29 is 14.3 Å². The monoisotopic (exact) mass is 469 g/mol. The Morgan fingerprint density at radius 2 is 2.07 bits per heavy atom. The molecule has 2 aromatic rings. The van der Waals surface area contributed by atoms with Crippen molar-refractivity contribution in [1.29, 1.82) is 0 Å². The molecule has 0 atom stereocenters. The minimum absolute atomic E-state index is 0.247. The van der Waals surface area contributed by atoms with E-state index in [0.29, 0.717) is 15.6 Å². The molecule has 162 valence electrons. The van der Waals surface area contributed by atoms with Crippen LogP contribution in [-0.2, 0) is 4.74 Å². The Labute approximate surface area is 191 Å². The molecule has 2 saturated heterocycles. The van der Waals surface area contributed by atoms with E-state index in [2.05, 4.69) is 14.6 Å². The summed E-state index contributed by atoms with van der Waals surface area (Å²) in [5.74, 6) is 2.75. The number of ether oxygens (including phenoxy) is 2. The molecule has 1 aromatic carbocycles. The fourth-order valence-corrected chi connectivity index (χ4v) is 4.40. The van der Waals surface area contributed by atoms with Crippen LogP contribution in [0.1, 0.15) is 29.6 Å². The van der Waals surface area contributed by atoms with E-state index >= 15 is 0 Å². The maximum absolute atomic E-state index is 10.7. The topological polar surface area (TPSA) is 63.7 Å². The number of halogens is 2. The lowest BCUT2D eigenvalue weighted by molar-refractivity contribution is 0.0256. The number of carbonyl (C=O) groups is 1. The van der Waals surface area contributed by atoms with Crippen LogP contribution in [0.15, 0.2) is 30.5 Å². The third-order valence-electron chi connectivity index (χ3n) is 4.64. The molecule has 0 spiro atoms. The summed E-state index contributed by atoms with van der Waals surface area (Å²) >= 11 is 13.5. The van der Waals surface area contributed by atoms with Gasteiger partial charge in [-0.25, -0.2) is 4.98 Å². The first-order valence-corrected chi connectivity index (χ1v) is 11.5. The van der Waals surface area contributed by atoms with Crippen molar-refractivity contribution in [2.75, 3.05) is 42.2 Å². The lowest BCUT2D eigenvalue weighted by Gasteiger charge is -2.23. The Kier molecular flexibility index (Phi) is 8.93. The largest absolute Gasteiger partial charge is 0.490 e. The lowest BCUT2D eigenvalue weighted by Crippen LogP contribution is -2.25. The van der Waals surface area contributed by atoms with Gasteiger partial charge in [0.25, 0.3) is 0 Å². The van der Waals surface area contributed by atoms with Crippen molar-refractivity contribution in [2.24, 2.45) is 0 Å². The quantitative estimate of drug-likeness (QED) is 0.467. The van der Waals surface area contributed by atoms with Crippen molar-refractivity contribution in [3.63, 3.8) is 0 Å². The molecule has 1 N–H and O–H groups in total. The van der Waals surface area contributed by atoms with Gasteiger partial charge in [-0.3, -0.25) is 4.79 Å². The molecule has 2 fully saturated rings. The molecule has 3 heterocycles. The second-order valence-electron chi connectivity index (χ2n) is 6.83. The summed E-state index contributed by atoms with van der Waals surface area (Å²) in [6.07, 6.45) is 5.58. The minimum atomic E-state index is 0.247. The molecule has 1 aromatic heterocycles. The summed E-state index contributed by atoms with van der Waals surface area (Å²) < 4.78 is 13.2. The summed E-state index contributed by atoms with van der Waals surface area (Å²) in [7, 11) is 1.86. The summed E-state index contributed by atoms with van der Waals surface area (Å²) in [5.41, 5.74) is 1.47. The number of nitrogens with one attached hydrogen (secondary N) is 1. The van der Waals surface area contributed by atoms with E-state index in [9.17, 15) is 4.79 Å². The number of hydrogen-bond acceptors (Lipinski definition) is 7. The summed E-state index contributed by atoms with van der Waals surface area (Å²) in [4.78, 5) is 14.8. The first-order valence-electron chi connectivity index (χ1n) is 9.83. The molecule has 0 unspecified atom stereocenters. The van der Waals surface area contributed by atoms with Crippen LogP contribution in [0.3, 0.4) is 0 Å². The number of aromatic nitrogens is 1. The van der Waals surface area contributed by atoms with Gasteiger partial charge >= 0.3 is 0 Å². The van der Waals surface area contributed by atoms with Crippen LogP contribution in [0.2, 0.25) is 10.0 Å². The highest BCUT2D eigenvalue weighted by Gasteiger charge is 2.16. The highest BCUT2D eigenvalue weighted by Crippen LogP contribution is 2.28. The Balaban J connectivity index is 0.000000172. The van der Waals surface area contributed by atoms with Crippen molar-refractivity contribution in [3.8, 4) is 5.75 Å². The van der Waals surface area contributed by atoms with E-state index in [1.807, 2.05) is 25.2 Å². The Bertz CT molecular complexity index is 844. The van der Waals surface area contributed by atoms with Crippen molar-refractivity contribution in [2.45, 2.75) is 25.4 Å². The van der Waals surface area contributed by atoms with Crippen molar-refractivity contribution >= 4 is 52.9 Å². The molecule has 4 rings (SSSR count). The molecule has 0 bridgehead atoms. The lowest BCUT2D eigenvalue weighted by atomic mass is 10.1. The Morgan fingerprint density at radius 3 is 2.73 bits per heavy atom.